The fourth-order valence-corrected chi connectivity index (χ4v) is 3.32. The predicted octanol–water partition coefficient (Wildman–Crippen LogP) is 3.08. The lowest BCUT2D eigenvalue weighted by molar-refractivity contribution is -0.151. The van der Waals surface area contributed by atoms with Gasteiger partial charge in [0.15, 0.2) is 5.79 Å². The molecule has 0 amide bonds. The first kappa shape index (κ1) is 13.8. The van der Waals surface area contributed by atoms with Crippen molar-refractivity contribution in [3.63, 3.8) is 0 Å². The molecule has 3 heteroatoms. The average molecular weight is 274 g/mol. The number of allylic oxidation sites excluding steroid dienone is 1. The molecule has 2 unspecified atom stereocenters. The maximum Gasteiger partial charge on any atom is 0.192 e. The summed E-state index contributed by atoms with van der Waals surface area (Å²) in [6, 6.07) is 7.90. The van der Waals surface area contributed by atoms with Crippen LogP contribution in [0.2, 0.25) is 0 Å². The molecule has 108 valence electrons. The highest BCUT2D eigenvalue weighted by Gasteiger charge is 2.42. The van der Waals surface area contributed by atoms with E-state index in [1.54, 1.807) is 0 Å². The molecule has 1 saturated heterocycles. The smallest absolute Gasteiger partial charge is 0.192 e. The van der Waals surface area contributed by atoms with Crippen LogP contribution >= 0.6 is 0 Å². The van der Waals surface area contributed by atoms with Crippen molar-refractivity contribution in [3.05, 3.63) is 47.0 Å². The maximum absolute atomic E-state index is 11.1. The van der Waals surface area contributed by atoms with Gasteiger partial charge in [-0.05, 0) is 37.8 Å². The minimum absolute atomic E-state index is 0.395. The summed E-state index contributed by atoms with van der Waals surface area (Å²) in [5.74, 6) is -0.355. The summed E-state index contributed by atoms with van der Waals surface area (Å²) in [6.07, 6.45) is 2.70. The van der Waals surface area contributed by atoms with E-state index in [1.807, 2.05) is 37.3 Å². The molecule has 0 radical (unpaired) electrons. The van der Waals surface area contributed by atoms with Crippen molar-refractivity contribution in [2.24, 2.45) is 5.92 Å². The molecule has 3 nitrogen and oxygen atoms in total. The van der Waals surface area contributed by atoms with Crippen LogP contribution in [-0.4, -0.2) is 18.3 Å². The molecule has 0 spiro atoms. The molecule has 1 heterocycles. The zero-order valence-corrected chi connectivity index (χ0v) is 12.3. The molecule has 1 aliphatic heterocycles. The van der Waals surface area contributed by atoms with E-state index in [4.69, 9.17) is 9.47 Å². The summed E-state index contributed by atoms with van der Waals surface area (Å²) in [4.78, 5) is 0. The molecule has 1 aromatic rings. The first-order valence-electron chi connectivity index (χ1n) is 7.24. The van der Waals surface area contributed by atoms with E-state index in [0.29, 0.717) is 25.6 Å². The Kier molecular flexibility index (Phi) is 3.24. The minimum Gasteiger partial charge on any atom is -0.381 e. The lowest BCUT2D eigenvalue weighted by Crippen LogP contribution is -2.30. The Morgan fingerprint density at radius 1 is 1.15 bits per heavy atom. The van der Waals surface area contributed by atoms with Crippen LogP contribution in [0.15, 0.2) is 35.9 Å². The molecule has 0 aromatic heterocycles. The highest BCUT2D eigenvalue weighted by molar-refractivity contribution is 5.41. The normalized spacial score (nSPS) is 32.4. The topological polar surface area (TPSA) is 38.7 Å². The highest BCUT2D eigenvalue weighted by atomic mass is 16.7. The van der Waals surface area contributed by atoms with Crippen LogP contribution < -0.4 is 0 Å². The summed E-state index contributed by atoms with van der Waals surface area (Å²) in [6.45, 7) is 7.34. The van der Waals surface area contributed by atoms with Crippen LogP contribution in [0.1, 0.15) is 38.3 Å². The summed E-state index contributed by atoms with van der Waals surface area (Å²) in [5.41, 5.74) is 2.14. The number of aliphatic hydroxyl groups is 1. The van der Waals surface area contributed by atoms with Gasteiger partial charge < -0.3 is 14.6 Å². The summed E-state index contributed by atoms with van der Waals surface area (Å²) >= 11 is 0. The van der Waals surface area contributed by atoms with Gasteiger partial charge in [0.1, 0.15) is 5.60 Å². The predicted molar refractivity (Wildman–Crippen MR) is 77.1 cm³/mol. The van der Waals surface area contributed by atoms with Gasteiger partial charge in [-0.3, -0.25) is 0 Å². The second kappa shape index (κ2) is 4.69. The van der Waals surface area contributed by atoms with Crippen LogP contribution in [-0.2, 0) is 20.9 Å². The van der Waals surface area contributed by atoms with Crippen molar-refractivity contribution in [3.8, 4) is 0 Å². The van der Waals surface area contributed by atoms with Crippen molar-refractivity contribution >= 4 is 0 Å². The molecule has 1 fully saturated rings. The third-order valence-electron chi connectivity index (χ3n) is 4.58. The molecule has 1 aliphatic carbocycles. The molecular formula is C17H22O3. The SMILES string of the molecule is CC1=CC(O)(c2ccccc2C2(C)OCCO2)CC1C. The third-order valence-corrected chi connectivity index (χ3v) is 4.58. The number of hydrogen-bond acceptors (Lipinski definition) is 3. The van der Waals surface area contributed by atoms with Gasteiger partial charge in [0.2, 0.25) is 0 Å². The average Bonchev–Trinajstić information content (AvgIpc) is 2.96. The molecule has 1 aromatic carbocycles. The van der Waals surface area contributed by atoms with Crippen LogP contribution in [0.4, 0.5) is 0 Å². The Morgan fingerprint density at radius 3 is 2.30 bits per heavy atom. The zero-order chi connectivity index (χ0) is 14.4. The maximum atomic E-state index is 11.1. The monoisotopic (exact) mass is 274 g/mol. The van der Waals surface area contributed by atoms with Crippen molar-refractivity contribution in [2.45, 2.75) is 38.6 Å². The molecule has 1 N–H and O–H groups in total. The van der Waals surface area contributed by atoms with Crippen LogP contribution in [0, 0.1) is 5.92 Å². The van der Waals surface area contributed by atoms with E-state index in [1.165, 1.54) is 5.57 Å². The van der Waals surface area contributed by atoms with E-state index in [9.17, 15) is 5.11 Å². The van der Waals surface area contributed by atoms with E-state index in [0.717, 1.165) is 11.1 Å². The van der Waals surface area contributed by atoms with Gasteiger partial charge in [0, 0.05) is 5.56 Å². The zero-order valence-electron chi connectivity index (χ0n) is 12.3. The second-order valence-corrected chi connectivity index (χ2v) is 6.11. The van der Waals surface area contributed by atoms with Crippen molar-refractivity contribution in [2.75, 3.05) is 13.2 Å². The van der Waals surface area contributed by atoms with Gasteiger partial charge in [0.05, 0.1) is 13.2 Å². The molecule has 0 bridgehead atoms. The van der Waals surface area contributed by atoms with Gasteiger partial charge in [-0.1, -0.05) is 36.8 Å². The number of ether oxygens (including phenoxy) is 2. The largest absolute Gasteiger partial charge is 0.381 e. The van der Waals surface area contributed by atoms with E-state index in [2.05, 4.69) is 13.8 Å². The summed E-state index contributed by atoms with van der Waals surface area (Å²) in [7, 11) is 0. The Bertz CT molecular complexity index is 543. The lowest BCUT2D eigenvalue weighted by Gasteiger charge is -2.31. The second-order valence-electron chi connectivity index (χ2n) is 6.11. The first-order chi connectivity index (χ1) is 9.45. The molecular weight excluding hydrogens is 252 g/mol. The Hall–Kier alpha value is -1.16. The Morgan fingerprint density at radius 2 is 1.75 bits per heavy atom. The molecule has 0 saturated carbocycles. The fraction of sp³-hybridized carbons (Fsp3) is 0.529. The number of hydrogen-bond donors (Lipinski definition) is 1. The van der Waals surface area contributed by atoms with E-state index < -0.39 is 11.4 Å². The van der Waals surface area contributed by atoms with Crippen LogP contribution in [0.25, 0.3) is 0 Å². The molecule has 2 atom stereocenters. The van der Waals surface area contributed by atoms with Gasteiger partial charge in [-0.25, -0.2) is 0 Å². The number of rotatable bonds is 2. The quantitative estimate of drug-likeness (QED) is 0.842. The highest BCUT2D eigenvalue weighted by Crippen LogP contribution is 2.45. The third kappa shape index (κ3) is 2.10. The Labute approximate surface area is 120 Å². The van der Waals surface area contributed by atoms with Crippen molar-refractivity contribution < 1.29 is 14.6 Å². The standard InChI is InChI=1S/C17H22O3/c1-12-10-17(18,11-13(12)2)15-7-5-4-6-14(15)16(3)19-8-9-20-16/h4-7,10,13,18H,8-9,11H2,1-3H3. The fourth-order valence-electron chi connectivity index (χ4n) is 3.32. The molecule has 3 rings (SSSR count). The minimum atomic E-state index is -0.918. The summed E-state index contributed by atoms with van der Waals surface area (Å²) < 4.78 is 11.5. The van der Waals surface area contributed by atoms with Crippen LogP contribution in [0.3, 0.4) is 0 Å². The molecule has 20 heavy (non-hydrogen) atoms. The summed E-state index contributed by atoms with van der Waals surface area (Å²) in [5, 5.41) is 11.1. The van der Waals surface area contributed by atoms with Gasteiger partial charge in [-0.2, -0.15) is 0 Å². The van der Waals surface area contributed by atoms with Crippen molar-refractivity contribution in [1.82, 2.24) is 0 Å². The van der Waals surface area contributed by atoms with Gasteiger partial charge in [-0.15, -0.1) is 0 Å². The van der Waals surface area contributed by atoms with E-state index >= 15 is 0 Å². The molecule has 2 aliphatic rings. The van der Waals surface area contributed by atoms with Gasteiger partial charge >= 0.3 is 0 Å². The first-order valence-corrected chi connectivity index (χ1v) is 7.24. The number of benzene rings is 1. The van der Waals surface area contributed by atoms with Crippen molar-refractivity contribution in [1.29, 1.82) is 0 Å². The van der Waals surface area contributed by atoms with Crippen LogP contribution in [0.5, 0.6) is 0 Å². The van der Waals surface area contributed by atoms with E-state index in [-0.39, 0.29) is 0 Å². The lowest BCUT2D eigenvalue weighted by atomic mass is 9.85. The Balaban J connectivity index is 2.07. The van der Waals surface area contributed by atoms with Gasteiger partial charge in [0.25, 0.3) is 0 Å².